The third kappa shape index (κ3) is 2.77. The molecule has 2 aromatic rings. The zero-order valence-electron chi connectivity index (χ0n) is 13.5. The van der Waals surface area contributed by atoms with Crippen molar-refractivity contribution in [2.45, 2.75) is 59.0 Å². The second-order valence-electron chi connectivity index (χ2n) is 5.99. The summed E-state index contributed by atoms with van der Waals surface area (Å²) in [4.78, 5) is 6.24. The molecule has 1 aliphatic rings. The number of aryl methyl sites for hydroxylation is 4. The van der Waals surface area contributed by atoms with E-state index in [-0.39, 0.29) is 6.04 Å². The van der Waals surface area contributed by atoms with Gasteiger partial charge in [0.15, 0.2) is 0 Å². The SMILES string of the molecule is CCc1nc(C(NC2CC2)c2c(C)nn(C)c2C)sc1C. The van der Waals surface area contributed by atoms with Crippen molar-refractivity contribution < 1.29 is 0 Å². The van der Waals surface area contributed by atoms with E-state index in [1.54, 1.807) is 0 Å². The van der Waals surface area contributed by atoms with Crippen LogP contribution in [0.4, 0.5) is 0 Å². The fraction of sp³-hybridized carbons (Fsp3) is 0.625. The molecule has 1 aliphatic carbocycles. The molecule has 1 atom stereocenters. The normalized spacial score (nSPS) is 16.4. The molecule has 2 heterocycles. The van der Waals surface area contributed by atoms with E-state index in [1.807, 2.05) is 23.1 Å². The minimum absolute atomic E-state index is 0.190. The lowest BCUT2D eigenvalue weighted by molar-refractivity contribution is 0.590. The molecular formula is C16H24N4S. The third-order valence-electron chi connectivity index (χ3n) is 4.32. The first-order chi connectivity index (χ1) is 10.0. The number of rotatable bonds is 5. The van der Waals surface area contributed by atoms with Crippen LogP contribution in [-0.2, 0) is 13.5 Å². The number of nitrogens with one attached hydrogen (secondary N) is 1. The van der Waals surface area contributed by atoms with Crippen LogP contribution in [0, 0.1) is 20.8 Å². The lowest BCUT2D eigenvalue weighted by Crippen LogP contribution is -2.25. The van der Waals surface area contributed by atoms with Crippen LogP contribution >= 0.6 is 11.3 Å². The lowest BCUT2D eigenvalue weighted by atomic mass is 10.1. The molecule has 4 nitrogen and oxygen atoms in total. The van der Waals surface area contributed by atoms with Gasteiger partial charge in [0.05, 0.1) is 17.4 Å². The zero-order chi connectivity index (χ0) is 15.1. The molecule has 0 spiro atoms. The number of aromatic nitrogens is 3. The van der Waals surface area contributed by atoms with Gasteiger partial charge in [0.1, 0.15) is 5.01 Å². The Balaban J connectivity index is 2.04. The summed E-state index contributed by atoms with van der Waals surface area (Å²) in [6, 6.07) is 0.832. The lowest BCUT2D eigenvalue weighted by Gasteiger charge is -2.17. The highest BCUT2D eigenvalue weighted by Crippen LogP contribution is 2.34. The predicted molar refractivity (Wildman–Crippen MR) is 86.9 cm³/mol. The van der Waals surface area contributed by atoms with Crippen LogP contribution in [-0.4, -0.2) is 20.8 Å². The largest absolute Gasteiger partial charge is 0.301 e. The molecule has 0 aromatic carbocycles. The molecule has 114 valence electrons. The molecule has 1 N–H and O–H groups in total. The highest BCUT2D eigenvalue weighted by Gasteiger charge is 2.31. The van der Waals surface area contributed by atoms with Gasteiger partial charge in [0.25, 0.3) is 0 Å². The van der Waals surface area contributed by atoms with Gasteiger partial charge in [-0.2, -0.15) is 5.10 Å². The molecular weight excluding hydrogens is 280 g/mol. The molecule has 0 aliphatic heterocycles. The maximum atomic E-state index is 4.90. The zero-order valence-corrected chi connectivity index (χ0v) is 14.3. The molecule has 5 heteroatoms. The summed E-state index contributed by atoms with van der Waals surface area (Å²) >= 11 is 1.83. The first-order valence-electron chi connectivity index (χ1n) is 7.73. The van der Waals surface area contributed by atoms with E-state index in [2.05, 4.69) is 38.1 Å². The summed E-state index contributed by atoms with van der Waals surface area (Å²) in [5, 5.41) is 9.56. The second-order valence-corrected chi connectivity index (χ2v) is 7.23. The number of thiazole rings is 1. The van der Waals surface area contributed by atoms with Gasteiger partial charge in [-0.1, -0.05) is 6.92 Å². The van der Waals surface area contributed by atoms with Crippen molar-refractivity contribution in [2.75, 3.05) is 0 Å². The van der Waals surface area contributed by atoms with E-state index in [1.165, 1.54) is 39.7 Å². The fourth-order valence-corrected chi connectivity index (χ4v) is 3.95. The van der Waals surface area contributed by atoms with Gasteiger partial charge in [-0.15, -0.1) is 11.3 Å². The van der Waals surface area contributed by atoms with Crippen LogP contribution in [0.2, 0.25) is 0 Å². The highest BCUT2D eigenvalue weighted by molar-refractivity contribution is 7.11. The summed E-state index contributed by atoms with van der Waals surface area (Å²) in [7, 11) is 2.02. The summed E-state index contributed by atoms with van der Waals surface area (Å²) in [6.07, 6.45) is 3.56. The van der Waals surface area contributed by atoms with E-state index in [0.29, 0.717) is 6.04 Å². The van der Waals surface area contributed by atoms with Gasteiger partial charge in [-0.3, -0.25) is 4.68 Å². The summed E-state index contributed by atoms with van der Waals surface area (Å²) in [5.74, 6) is 0. The molecule has 0 amide bonds. The summed E-state index contributed by atoms with van der Waals surface area (Å²) in [5.41, 5.74) is 4.88. The molecule has 21 heavy (non-hydrogen) atoms. The monoisotopic (exact) mass is 304 g/mol. The topological polar surface area (TPSA) is 42.7 Å². The average Bonchev–Trinajstić information content (AvgIpc) is 3.13. The predicted octanol–water partition coefficient (Wildman–Crippen LogP) is 3.21. The molecule has 2 aromatic heterocycles. The van der Waals surface area contributed by atoms with Crippen molar-refractivity contribution in [3.8, 4) is 0 Å². The van der Waals surface area contributed by atoms with Crippen LogP contribution in [0.15, 0.2) is 0 Å². The van der Waals surface area contributed by atoms with Crippen molar-refractivity contribution >= 4 is 11.3 Å². The molecule has 0 saturated heterocycles. The second kappa shape index (κ2) is 5.54. The Kier molecular flexibility index (Phi) is 3.88. The Hall–Kier alpha value is -1.20. The first-order valence-corrected chi connectivity index (χ1v) is 8.55. The van der Waals surface area contributed by atoms with Crippen LogP contribution < -0.4 is 5.32 Å². The van der Waals surface area contributed by atoms with Crippen molar-refractivity contribution in [3.63, 3.8) is 0 Å². The smallest absolute Gasteiger partial charge is 0.115 e. The Morgan fingerprint density at radius 1 is 1.33 bits per heavy atom. The van der Waals surface area contributed by atoms with Crippen molar-refractivity contribution in [3.05, 3.63) is 32.5 Å². The summed E-state index contributed by atoms with van der Waals surface area (Å²) < 4.78 is 1.98. The summed E-state index contributed by atoms with van der Waals surface area (Å²) in [6.45, 7) is 8.61. The average molecular weight is 304 g/mol. The van der Waals surface area contributed by atoms with E-state index in [9.17, 15) is 0 Å². The Bertz CT molecular complexity index is 652. The molecule has 0 bridgehead atoms. The molecule has 3 rings (SSSR count). The molecule has 1 saturated carbocycles. The van der Waals surface area contributed by atoms with Crippen LogP contribution in [0.3, 0.4) is 0 Å². The molecule has 0 radical (unpaired) electrons. The Labute approximate surface area is 130 Å². The third-order valence-corrected chi connectivity index (χ3v) is 5.40. The minimum atomic E-state index is 0.190. The quantitative estimate of drug-likeness (QED) is 0.922. The highest BCUT2D eigenvalue weighted by atomic mass is 32.1. The Morgan fingerprint density at radius 3 is 2.52 bits per heavy atom. The van der Waals surface area contributed by atoms with Gasteiger partial charge in [-0.25, -0.2) is 4.98 Å². The van der Waals surface area contributed by atoms with Crippen molar-refractivity contribution in [2.24, 2.45) is 7.05 Å². The van der Waals surface area contributed by atoms with Gasteiger partial charge in [-0.05, 0) is 40.0 Å². The number of hydrogen-bond acceptors (Lipinski definition) is 4. The van der Waals surface area contributed by atoms with Crippen molar-refractivity contribution in [1.82, 2.24) is 20.1 Å². The number of hydrogen-bond donors (Lipinski definition) is 1. The minimum Gasteiger partial charge on any atom is -0.301 e. The van der Waals surface area contributed by atoms with Crippen LogP contribution in [0.5, 0.6) is 0 Å². The van der Waals surface area contributed by atoms with E-state index in [0.717, 1.165) is 12.1 Å². The first kappa shape index (κ1) is 14.7. The van der Waals surface area contributed by atoms with E-state index < -0.39 is 0 Å². The maximum absolute atomic E-state index is 4.90. The van der Waals surface area contributed by atoms with Crippen LogP contribution in [0.25, 0.3) is 0 Å². The van der Waals surface area contributed by atoms with Crippen molar-refractivity contribution in [1.29, 1.82) is 0 Å². The number of nitrogens with zero attached hydrogens (tertiary/aromatic N) is 3. The molecule has 1 unspecified atom stereocenters. The Morgan fingerprint density at radius 2 is 2.05 bits per heavy atom. The van der Waals surface area contributed by atoms with Gasteiger partial charge < -0.3 is 5.32 Å². The van der Waals surface area contributed by atoms with Gasteiger partial charge in [0, 0.05) is 29.2 Å². The standard InChI is InChI=1S/C16H24N4S/c1-6-13-11(4)21-16(18-13)15(17-12-7-8-12)14-9(2)19-20(5)10(14)3/h12,15,17H,6-8H2,1-5H3. The fourth-order valence-electron chi connectivity index (χ4n) is 2.87. The molecule has 1 fully saturated rings. The van der Waals surface area contributed by atoms with Gasteiger partial charge >= 0.3 is 0 Å². The van der Waals surface area contributed by atoms with E-state index >= 15 is 0 Å². The van der Waals surface area contributed by atoms with E-state index in [4.69, 9.17) is 4.98 Å². The maximum Gasteiger partial charge on any atom is 0.115 e. The van der Waals surface area contributed by atoms with Crippen LogP contribution in [0.1, 0.15) is 58.3 Å². The van der Waals surface area contributed by atoms with Gasteiger partial charge in [0.2, 0.25) is 0 Å².